The fourth-order valence-electron chi connectivity index (χ4n) is 6.82. The maximum Gasteiger partial charge on any atom is 0.263 e. The van der Waals surface area contributed by atoms with Crippen LogP contribution >= 0.6 is 0 Å². The van der Waals surface area contributed by atoms with E-state index in [0.717, 1.165) is 69.8 Å². The number of amides is 2. The molecule has 234 valence electrons. The van der Waals surface area contributed by atoms with Crippen molar-refractivity contribution in [2.75, 3.05) is 46.3 Å². The number of fused-ring (bicyclic) bond motifs is 1. The van der Waals surface area contributed by atoms with Crippen molar-refractivity contribution >= 4 is 22.6 Å². The first-order valence-corrected chi connectivity index (χ1v) is 16.2. The van der Waals surface area contributed by atoms with E-state index in [9.17, 15) is 14.4 Å². The van der Waals surface area contributed by atoms with E-state index < -0.39 is 0 Å². The first kappa shape index (κ1) is 30.7. The monoisotopic (exact) mass is 605 g/mol. The molecule has 45 heavy (non-hydrogen) atoms. The third-order valence-corrected chi connectivity index (χ3v) is 9.47. The number of piperazine rings is 1. The third-order valence-electron chi connectivity index (χ3n) is 9.47. The Kier molecular flexibility index (Phi) is 9.42. The maximum absolute atomic E-state index is 14.4. The Hall–Kier alpha value is -4.27. The topological polar surface area (TPSA) is 77.9 Å². The van der Waals surface area contributed by atoms with Crippen molar-refractivity contribution in [3.8, 4) is 5.69 Å². The van der Waals surface area contributed by atoms with Gasteiger partial charge >= 0.3 is 0 Å². The lowest BCUT2D eigenvalue weighted by atomic mass is 9.94. The number of carbonyl (C=O) groups is 2. The Morgan fingerprint density at radius 1 is 0.800 bits per heavy atom. The zero-order valence-electron chi connectivity index (χ0n) is 26.3. The number of aromatic nitrogens is 1. The number of hydrogen-bond donors (Lipinski definition) is 1. The van der Waals surface area contributed by atoms with Gasteiger partial charge in [-0.15, -0.1) is 0 Å². The van der Waals surface area contributed by atoms with Gasteiger partial charge in [0.05, 0.1) is 17.3 Å². The second-order valence-corrected chi connectivity index (χ2v) is 12.4. The predicted octanol–water partition coefficient (Wildman–Crippen LogP) is 4.86. The molecule has 0 spiro atoms. The van der Waals surface area contributed by atoms with Crippen LogP contribution in [0, 0.1) is 5.92 Å². The molecule has 6 rings (SSSR count). The molecule has 2 aliphatic heterocycles. The van der Waals surface area contributed by atoms with Crippen molar-refractivity contribution in [3.05, 3.63) is 112 Å². The minimum Gasteiger partial charge on any atom is -0.345 e. The van der Waals surface area contributed by atoms with Gasteiger partial charge in [0, 0.05) is 55.1 Å². The molecule has 0 unspecified atom stereocenters. The Labute approximate surface area is 265 Å². The summed E-state index contributed by atoms with van der Waals surface area (Å²) < 4.78 is 1.72. The van der Waals surface area contributed by atoms with Crippen LogP contribution in [0.5, 0.6) is 0 Å². The second-order valence-electron chi connectivity index (χ2n) is 12.4. The summed E-state index contributed by atoms with van der Waals surface area (Å²) >= 11 is 0. The lowest BCUT2D eigenvalue weighted by Gasteiger charge is -2.37. The van der Waals surface area contributed by atoms with Gasteiger partial charge in [-0.2, -0.15) is 0 Å². The van der Waals surface area contributed by atoms with Gasteiger partial charge in [0.25, 0.3) is 11.5 Å². The maximum atomic E-state index is 14.4. The number of nitrogens with one attached hydrogen (secondary N) is 1. The summed E-state index contributed by atoms with van der Waals surface area (Å²) in [5.41, 5.74) is 2.84. The standard InChI is InChI=1S/C37H43N5O3/c1-3-32(27-12-6-4-7-13-27)38-35(43)34-30-16-10-11-17-31(30)37(45)42(29-14-8-5-9-15-29)33(34)26-40-20-18-28(19-21-40)36(44)41-24-22-39(2)23-25-41/h4-17,28,32H,3,18-26H2,1-2H3,(H,38,43)/t32-/m0/s1. The van der Waals surface area contributed by atoms with Crippen LogP contribution in [0.2, 0.25) is 0 Å². The lowest BCUT2D eigenvalue weighted by molar-refractivity contribution is -0.138. The van der Waals surface area contributed by atoms with E-state index in [1.807, 2.05) is 89.8 Å². The van der Waals surface area contributed by atoms with E-state index in [0.29, 0.717) is 28.6 Å². The number of piperidine rings is 1. The minimum atomic E-state index is -0.193. The molecule has 0 radical (unpaired) electrons. The minimum absolute atomic E-state index is 0.0107. The van der Waals surface area contributed by atoms with Crippen LogP contribution in [0.1, 0.15) is 53.8 Å². The SMILES string of the molecule is CC[C@H](NC(=O)c1c(CN2CCC(C(=O)N3CCN(C)CC3)CC2)n(-c2ccccc2)c(=O)c2ccccc12)c1ccccc1. The molecule has 0 saturated carbocycles. The van der Waals surface area contributed by atoms with Gasteiger partial charge in [0.15, 0.2) is 0 Å². The second kappa shape index (κ2) is 13.8. The van der Waals surface area contributed by atoms with Gasteiger partial charge in [0.1, 0.15) is 0 Å². The number of hydrogen-bond acceptors (Lipinski definition) is 5. The summed E-state index contributed by atoms with van der Waals surface area (Å²) in [6.45, 7) is 7.34. The number of para-hydroxylation sites is 1. The number of nitrogens with zero attached hydrogens (tertiary/aromatic N) is 4. The van der Waals surface area contributed by atoms with Crippen molar-refractivity contribution in [1.82, 2.24) is 24.6 Å². The summed E-state index contributed by atoms with van der Waals surface area (Å²) in [5.74, 6) is 0.0829. The van der Waals surface area contributed by atoms with E-state index in [1.165, 1.54) is 0 Å². The van der Waals surface area contributed by atoms with Crippen molar-refractivity contribution in [3.63, 3.8) is 0 Å². The van der Waals surface area contributed by atoms with E-state index >= 15 is 0 Å². The molecule has 2 amide bonds. The van der Waals surface area contributed by atoms with Crippen LogP contribution < -0.4 is 10.9 Å². The van der Waals surface area contributed by atoms with Gasteiger partial charge < -0.3 is 15.1 Å². The molecule has 8 heteroatoms. The number of rotatable bonds is 8. The van der Waals surface area contributed by atoms with E-state index in [1.54, 1.807) is 4.57 Å². The third kappa shape index (κ3) is 6.58. The van der Waals surface area contributed by atoms with Crippen LogP contribution in [-0.2, 0) is 11.3 Å². The summed E-state index contributed by atoms with van der Waals surface area (Å²) in [4.78, 5) is 48.5. The zero-order valence-corrected chi connectivity index (χ0v) is 26.3. The number of carbonyl (C=O) groups excluding carboxylic acids is 2. The molecule has 2 fully saturated rings. The van der Waals surface area contributed by atoms with E-state index in [-0.39, 0.29) is 29.3 Å². The molecule has 3 heterocycles. The van der Waals surface area contributed by atoms with Gasteiger partial charge in [-0.1, -0.05) is 73.7 Å². The Morgan fingerprint density at radius 3 is 2.04 bits per heavy atom. The fraction of sp³-hybridized carbons (Fsp3) is 0.378. The molecule has 4 aromatic rings. The molecular formula is C37H43N5O3. The Balaban J connectivity index is 1.35. The van der Waals surface area contributed by atoms with Gasteiger partial charge in [-0.05, 0) is 63.2 Å². The molecular weight excluding hydrogens is 562 g/mol. The quantitative estimate of drug-likeness (QED) is 0.311. The highest BCUT2D eigenvalue weighted by atomic mass is 16.2. The van der Waals surface area contributed by atoms with Crippen molar-refractivity contribution in [2.45, 2.75) is 38.8 Å². The normalized spacial score (nSPS) is 17.3. The molecule has 2 aliphatic rings. The molecule has 1 N–H and O–H groups in total. The highest BCUT2D eigenvalue weighted by Crippen LogP contribution is 2.28. The Bertz CT molecular complexity index is 1690. The summed E-state index contributed by atoms with van der Waals surface area (Å²) in [6.07, 6.45) is 2.26. The predicted molar refractivity (Wildman–Crippen MR) is 179 cm³/mol. The summed E-state index contributed by atoms with van der Waals surface area (Å²) in [5, 5.41) is 4.47. The first-order chi connectivity index (χ1) is 21.9. The van der Waals surface area contributed by atoms with Crippen LogP contribution in [0.4, 0.5) is 0 Å². The molecule has 2 saturated heterocycles. The molecule has 0 aliphatic carbocycles. The Morgan fingerprint density at radius 2 is 1.40 bits per heavy atom. The van der Waals surface area contributed by atoms with E-state index in [2.05, 4.69) is 29.1 Å². The zero-order chi connectivity index (χ0) is 31.3. The van der Waals surface area contributed by atoms with Crippen LogP contribution in [-0.4, -0.2) is 77.4 Å². The number of benzene rings is 3. The molecule has 0 bridgehead atoms. The van der Waals surface area contributed by atoms with Crippen LogP contribution in [0.25, 0.3) is 16.5 Å². The van der Waals surface area contributed by atoms with Crippen LogP contribution in [0.3, 0.4) is 0 Å². The van der Waals surface area contributed by atoms with Crippen molar-refractivity contribution in [2.24, 2.45) is 5.92 Å². The number of likely N-dealkylation sites (tertiary alicyclic amines) is 1. The lowest BCUT2D eigenvalue weighted by Crippen LogP contribution is -2.50. The largest absolute Gasteiger partial charge is 0.345 e. The van der Waals surface area contributed by atoms with Crippen molar-refractivity contribution in [1.29, 1.82) is 0 Å². The first-order valence-electron chi connectivity index (χ1n) is 16.2. The summed E-state index contributed by atoms with van der Waals surface area (Å²) in [7, 11) is 2.10. The average Bonchev–Trinajstić information content (AvgIpc) is 3.08. The number of likely N-dealkylation sites (N-methyl/N-ethyl adjacent to an activating group) is 1. The molecule has 1 atom stereocenters. The average molecular weight is 606 g/mol. The fourth-order valence-corrected chi connectivity index (χ4v) is 6.82. The number of pyridine rings is 1. The molecule has 3 aromatic carbocycles. The van der Waals surface area contributed by atoms with Gasteiger partial charge in [-0.3, -0.25) is 23.9 Å². The van der Waals surface area contributed by atoms with E-state index in [4.69, 9.17) is 0 Å². The van der Waals surface area contributed by atoms with Gasteiger partial charge in [0.2, 0.25) is 5.91 Å². The van der Waals surface area contributed by atoms with Crippen molar-refractivity contribution < 1.29 is 9.59 Å². The highest BCUT2D eigenvalue weighted by Gasteiger charge is 2.32. The van der Waals surface area contributed by atoms with Crippen LogP contribution in [0.15, 0.2) is 89.7 Å². The smallest absolute Gasteiger partial charge is 0.263 e. The highest BCUT2D eigenvalue weighted by molar-refractivity contribution is 6.08. The molecule has 8 nitrogen and oxygen atoms in total. The molecule has 1 aromatic heterocycles. The van der Waals surface area contributed by atoms with Gasteiger partial charge in [-0.25, -0.2) is 0 Å². The summed E-state index contributed by atoms with van der Waals surface area (Å²) in [6, 6.07) is 26.9.